The Bertz CT molecular complexity index is 983. The highest BCUT2D eigenvalue weighted by atomic mass is 16.5. The van der Waals surface area contributed by atoms with E-state index >= 15 is 0 Å². The summed E-state index contributed by atoms with van der Waals surface area (Å²) in [5.74, 6) is -1.20. The summed E-state index contributed by atoms with van der Waals surface area (Å²) in [6.07, 6.45) is 2.30. The largest absolute Gasteiger partial charge is 0.452 e. The third kappa shape index (κ3) is 4.10. The van der Waals surface area contributed by atoms with Crippen molar-refractivity contribution in [3.05, 3.63) is 65.2 Å². The van der Waals surface area contributed by atoms with E-state index in [1.807, 2.05) is 24.3 Å². The summed E-state index contributed by atoms with van der Waals surface area (Å²) in [6.45, 7) is 0.474. The molecule has 0 aromatic heterocycles. The van der Waals surface area contributed by atoms with E-state index in [2.05, 4.69) is 0 Å². The first-order chi connectivity index (χ1) is 14.5. The molecule has 0 unspecified atom stereocenters. The van der Waals surface area contributed by atoms with Gasteiger partial charge < -0.3 is 9.64 Å². The van der Waals surface area contributed by atoms with E-state index < -0.39 is 5.97 Å². The number of fused-ring (bicyclic) bond motifs is 1. The SMILES string of the molecule is O=C(OCC(=O)N1CCCc2ccccc21)c1ccc(CN2C(=O)CCC2=O)cc1. The molecule has 1 fully saturated rings. The number of nitrogens with zero attached hydrogens (tertiary/aromatic N) is 2. The minimum atomic E-state index is -0.589. The Morgan fingerprint density at radius 1 is 0.900 bits per heavy atom. The van der Waals surface area contributed by atoms with Crippen LogP contribution in [0.2, 0.25) is 0 Å². The van der Waals surface area contributed by atoms with Gasteiger partial charge in [-0.05, 0) is 42.2 Å². The summed E-state index contributed by atoms with van der Waals surface area (Å²) in [6, 6.07) is 14.3. The van der Waals surface area contributed by atoms with Crippen LogP contribution in [0.5, 0.6) is 0 Å². The molecule has 7 nitrogen and oxygen atoms in total. The number of benzene rings is 2. The zero-order valence-electron chi connectivity index (χ0n) is 16.5. The van der Waals surface area contributed by atoms with Crippen molar-refractivity contribution in [2.24, 2.45) is 0 Å². The monoisotopic (exact) mass is 406 g/mol. The molecule has 0 atom stereocenters. The topological polar surface area (TPSA) is 84.0 Å². The van der Waals surface area contributed by atoms with Crippen LogP contribution < -0.4 is 4.90 Å². The van der Waals surface area contributed by atoms with Crippen molar-refractivity contribution in [1.82, 2.24) is 4.90 Å². The van der Waals surface area contributed by atoms with Crippen LogP contribution in [-0.2, 0) is 32.1 Å². The number of ether oxygens (including phenoxy) is 1. The third-order valence-corrected chi connectivity index (χ3v) is 5.42. The summed E-state index contributed by atoms with van der Waals surface area (Å²) >= 11 is 0. The number of rotatable bonds is 5. The van der Waals surface area contributed by atoms with Crippen molar-refractivity contribution in [2.45, 2.75) is 32.2 Å². The molecule has 2 aliphatic heterocycles. The highest BCUT2D eigenvalue weighted by Crippen LogP contribution is 2.26. The van der Waals surface area contributed by atoms with Crippen molar-refractivity contribution in [1.29, 1.82) is 0 Å². The summed E-state index contributed by atoms with van der Waals surface area (Å²) in [5, 5.41) is 0. The molecule has 154 valence electrons. The number of carbonyl (C=O) groups is 4. The van der Waals surface area contributed by atoms with E-state index in [4.69, 9.17) is 4.74 Å². The Morgan fingerprint density at radius 2 is 1.60 bits per heavy atom. The number of esters is 1. The molecule has 3 amide bonds. The first kappa shape index (κ1) is 19.8. The van der Waals surface area contributed by atoms with E-state index in [1.54, 1.807) is 29.2 Å². The molecule has 0 radical (unpaired) electrons. The molecule has 2 aliphatic rings. The maximum Gasteiger partial charge on any atom is 0.338 e. The average molecular weight is 406 g/mol. The fourth-order valence-electron chi connectivity index (χ4n) is 3.81. The molecular formula is C23H22N2O5. The van der Waals surface area contributed by atoms with Gasteiger partial charge in [-0.15, -0.1) is 0 Å². The van der Waals surface area contributed by atoms with Gasteiger partial charge >= 0.3 is 5.97 Å². The Kier molecular flexibility index (Phi) is 5.61. The van der Waals surface area contributed by atoms with Crippen molar-refractivity contribution in [3.8, 4) is 0 Å². The standard InChI is InChI=1S/C23H22N2O5/c26-20-11-12-21(27)25(20)14-16-7-9-18(10-8-16)23(29)30-15-22(28)24-13-3-5-17-4-1-2-6-19(17)24/h1-2,4,6-10H,3,5,11-15H2. The zero-order valence-corrected chi connectivity index (χ0v) is 16.5. The maximum atomic E-state index is 12.6. The molecule has 2 aromatic rings. The Hall–Kier alpha value is -3.48. The predicted octanol–water partition coefficient (Wildman–Crippen LogP) is 2.47. The van der Waals surface area contributed by atoms with Gasteiger partial charge in [-0.25, -0.2) is 4.79 Å². The molecule has 0 saturated carbocycles. The van der Waals surface area contributed by atoms with Crippen LogP contribution >= 0.6 is 0 Å². The Labute approximate surface area is 174 Å². The maximum absolute atomic E-state index is 12.6. The number of likely N-dealkylation sites (tertiary alicyclic amines) is 1. The summed E-state index contributed by atoms with van der Waals surface area (Å²) in [7, 11) is 0. The van der Waals surface area contributed by atoms with Crippen molar-refractivity contribution in [2.75, 3.05) is 18.1 Å². The van der Waals surface area contributed by atoms with Crippen LogP contribution in [0.3, 0.4) is 0 Å². The first-order valence-electron chi connectivity index (χ1n) is 10.0. The highest BCUT2D eigenvalue weighted by molar-refractivity contribution is 6.02. The number of hydrogen-bond acceptors (Lipinski definition) is 5. The lowest BCUT2D eigenvalue weighted by molar-refractivity contribution is -0.139. The average Bonchev–Trinajstić information content (AvgIpc) is 3.09. The van der Waals surface area contributed by atoms with Crippen LogP contribution in [-0.4, -0.2) is 41.7 Å². The van der Waals surface area contributed by atoms with Gasteiger partial charge in [0, 0.05) is 25.1 Å². The molecule has 0 N–H and O–H groups in total. The predicted molar refractivity (Wildman–Crippen MR) is 109 cm³/mol. The van der Waals surface area contributed by atoms with Crippen LogP contribution in [0.4, 0.5) is 5.69 Å². The van der Waals surface area contributed by atoms with Crippen LogP contribution in [0.25, 0.3) is 0 Å². The second kappa shape index (κ2) is 8.49. The Morgan fingerprint density at radius 3 is 2.33 bits per heavy atom. The number of para-hydroxylation sites is 1. The van der Waals surface area contributed by atoms with Crippen LogP contribution in [0.15, 0.2) is 48.5 Å². The lowest BCUT2D eigenvalue weighted by Gasteiger charge is -2.29. The van der Waals surface area contributed by atoms with Gasteiger partial charge in [0.05, 0.1) is 12.1 Å². The van der Waals surface area contributed by atoms with Gasteiger partial charge in [-0.3, -0.25) is 19.3 Å². The molecule has 7 heteroatoms. The third-order valence-electron chi connectivity index (χ3n) is 5.42. The highest BCUT2D eigenvalue weighted by Gasteiger charge is 2.28. The Balaban J connectivity index is 1.34. The molecule has 1 saturated heterocycles. The van der Waals surface area contributed by atoms with Gasteiger partial charge in [-0.2, -0.15) is 0 Å². The van der Waals surface area contributed by atoms with Crippen LogP contribution in [0, 0.1) is 0 Å². The van der Waals surface area contributed by atoms with E-state index in [-0.39, 0.29) is 43.7 Å². The molecule has 0 bridgehead atoms. The summed E-state index contributed by atoms with van der Waals surface area (Å²) < 4.78 is 5.22. The molecule has 2 heterocycles. The quantitative estimate of drug-likeness (QED) is 0.563. The van der Waals surface area contributed by atoms with E-state index in [0.717, 1.165) is 29.7 Å². The number of anilines is 1. The summed E-state index contributed by atoms with van der Waals surface area (Å²) in [4.78, 5) is 51.2. The summed E-state index contributed by atoms with van der Waals surface area (Å²) in [5.41, 5.74) is 3.05. The number of imide groups is 1. The van der Waals surface area contributed by atoms with Gasteiger partial charge in [-0.1, -0.05) is 30.3 Å². The minimum Gasteiger partial charge on any atom is -0.452 e. The van der Waals surface area contributed by atoms with Crippen molar-refractivity contribution >= 4 is 29.4 Å². The van der Waals surface area contributed by atoms with E-state index in [9.17, 15) is 19.2 Å². The fraction of sp³-hybridized carbons (Fsp3) is 0.304. The van der Waals surface area contributed by atoms with Gasteiger partial charge in [0.2, 0.25) is 11.8 Å². The molecule has 30 heavy (non-hydrogen) atoms. The molecule has 0 spiro atoms. The smallest absolute Gasteiger partial charge is 0.338 e. The number of carbonyl (C=O) groups excluding carboxylic acids is 4. The zero-order chi connectivity index (χ0) is 21.1. The van der Waals surface area contributed by atoms with Crippen LogP contribution in [0.1, 0.15) is 40.7 Å². The van der Waals surface area contributed by atoms with Crippen molar-refractivity contribution < 1.29 is 23.9 Å². The lowest BCUT2D eigenvalue weighted by Crippen LogP contribution is -2.38. The van der Waals surface area contributed by atoms with Gasteiger partial charge in [0.15, 0.2) is 6.61 Å². The molecule has 2 aromatic carbocycles. The fourth-order valence-corrected chi connectivity index (χ4v) is 3.81. The van der Waals surface area contributed by atoms with Gasteiger partial charge in [0.1, 0.15) is 0 Å². The van der Waals surface area contributed by atoms with E-state index in [0.29, 0.717) is 12.1 Å². The minimum absolute atomic E-state index is 0.179. The molecule has 0 aliphatic carbocycles. The normalized spacial score (nSPS) is 15.9. The van der Waals surface area contributed by atoms with Gasteiger partial charge in [0.25, 0.3) is 5.91 Å². The number of aryl methyl sites for hydroxylation is 1. The van der Waals surface area contributed by atoms with E-state index in [1.165, 1.54) is 4.90 Å². The second-order valence-corrected chi connectivity index (χ2v) is 7.42. The van der Waals surface area contributed by atoms with Crippen molar-refractivity contribution in [3.63, 3.8) is 0 Å². The first-order valence-corrected chi connectivity index (χ1v) is 10.0. The lowest BCUT2D eigenvalue weighted by atomic mass is 10.0. The number of hydrogen-bond donors (Lipinski definition) is 0. The second-order valence-electron chi connectivity index (χ2n) is 7.42. The number of amides is 3. The molecular weight excluding hydrogens is 384 g/mol. The molecule has 4 rings (SSSR count).